The standard InChI is InChI=1S/C22H29N3O/c1-12(2)23-19(26)22-9-8-21(7,20(22,5)6)17-18(22)25-16-11-14(4)13(3)10-15(16)24-17/h10-12H,8-9H2,1-7H3,(H,23,26)/t21-,22+/m0/s1. The SMILES string of the molecule is Cc1cc2nc3c(nc2cc1C)[C@@]1(C(=O)NC(C)C)CC[C@]3(C)C1(C)C. The van der Waals surface area contributed by atoms with E-state index in [0.29, 0.717) is 0 Å². The largest absolute Gasteiger partial charge is 0.353 e. The molecule has 2 aliphatic carbocycles. The summed E-state index contributed by atoms with van der Waals surface area (Å²) in [7, 11) is 0. The quantitative estimate of drug-likeness (QED) is 0.886. The van der Waals surface area contributed by atoms with Crippen LogP contribution in [0.4, 0.5) is 0 Å². The molecule has 1 aromatic carbocycles. The van der Waals surface area contributed by atoms with Crippen LogP contribution in [0.1, 0.15) is 70.0 Å². The van der Waals surface area contributed by atoms with Crippen LogP contribution in [-0.2, 0) is 15.6 Å². The normalized spacial score (nSPS) is 28.6. The Hall–Kier alpha value is -1.97. The Balaban J connectivity index is 2.03. The zero-order chi connectivity index (χ0) is 19.1. The summed E-state index contributed by atoms with van der Waals surface area (Å²) in [6.45, 7) is 15.0. The third kappa shape index (κ3) is 1.83. The number of carbonyl (C=O) groups is 1. The summed E-state index contributed by atoms with van der Waals surface area (Å²) in [5, 5.41) is 3.18. The summed E-state index contributed by atoms with van der Waals surface area (Å²) < 4.78 is 0. The van der Waals surface area contributed by atoms with Gasteiger partial charge in [-0.1, -0.05) is 20.8 Å². The van der Waals surface area contributed by atoms with Crippen molar-refractivity contribution in [3.05, 3.63) is 34.6 Å². The molecule has 138 valence electrons. The van der Waals surface area contributed by atoms with Crippen LogP contribution in [0.3, 0.4) is 0 Å². The van der Waals surface area contributed by atoms with Gasteiger partial charge in [0, 0.05) is 11.5 Å². The summed E-state index contributed by atoms with van der Waals surface area (Å²) in [4.78, 5) is 23.6. The first-order valence-electron chi connectivity index (χ1n) is 9.65. The number of hydrogen-bond acceptors (Lipinski definition) is 3. The van der Waals surface area contributed by atoms with E-state index in [1.165, 1.54) is 11.1 Å². The topological polar surface area (TPSA) is 54.9 Å². The zero-order valence-corrected chi connectivity index (χ0v) is 16.9. The third-order valence-electron chi connectivity index (χ3n) is 7.46. The van der Waals surface area contributed by atoms with Gasteiger partial charge in [-0.3, -0.25) is 4.79 Å². The summed E-state index contributed by atoms with van der Waals surface area (Å²) in [5.41, 5.74) is 5.27. The van der Waals surface area contributed by atoms with Crippen molar-refractivity contribution in [2.45, 2.75) is 78.2 Å². The first kappa shape index (κ1) is 17.4. The summed E-state index contributed by atoms with van der Waals surface area (Å²) in [6.07, 6.45) is 1.82. The maximum Gasteiger partial charge on any atom is 0.233 e. The van der Waals surface area contributed by atoms with Gasteiger partial charge in [-0.15, -0.1) is 0 Å². The number of amides is 1. The molecule has 4 nitrogen and oxygen atoms in total. The first-order chi connectivity index (χ1) is 12.0. The van der Waals surface area contributed by atoms with Crippen molar-refractivity contribution in [3.63, 3.8) is 0 Å². The highest BCUT2D eigenvalue weighted by molar-refractivity contribution is 5.93. The Morgan fingerprint density at radius 2 is 1.54 bits per heavy atom. The molecule has 26 heavy (non-hydrogen) atoms. The van der Waals surface area contributed by atoms with Crippen LogP contribution in [0, 0.1) is 19.3 Å². The van der Waals surface area contributed by atoms with Crippen LogP contribution in [-0.4, -0.2) is 21.9 Å². The van der Waals surface area contributed by atoms with Gasteiger partial charge in [-0.25, -0.2) is 9.97 Å². The van der Waals surface area contributed by atoms with Gasteiger partial charge in [0.15, 0.2) is 0 Å². The molecular formula is C22H29N3O. The molecule has 1 amide bonds. The molecule has 4 rings (SSSR count). The van der Waals surface area contributed by atoms with Gasteiger partial charge in [-0.05, 0) is 69.2 Å². The van der Waals surface area contributed by atoms with Crippen molar-refractivity contribution >= 4 is 16.9 Å². The van der Waals surface area contributed by atoms with Gasteiger partial charge in [0.05, 0.1) is 27.8 Å². The molecule has 2 aliphatic rings. The lowest BCUT2D eigenvalue weighted by Gasteiger charge is -2.39. The molecule has 0 saturated heterocycles. The van der Waals surface area contributed by atoms with E-state index in [1.807, 2.05) is 13.8 Å². The second-order valence-corrected chi connectivity index (χ2v) is 9.34. The Morgan fingerprint density at radius 3 is 2.08 bits per heavy atom. The van der Waals surface area contributed by atoms with E-state index in [-0.39, 0.29) is 22.8 Å². The van der Waals surface area contributed by atoms with E-state index in [1.54, 1.807) is 0 Å². The number of aryl methyl sites for hydroxylation is 2. The van der Waals surface area contributed by atoms with Crippen LogP contribution in [0.2, 0.25) is 0 Å². The fraction of sp³-hybridized carbons (Fsp3) is 0.591. The van der Waals surface area contributed by atoms with Gasteiger partial charge in [-0.2, -0.15) is 0 Å². The van der Waals surface area contributed by atoms with Crippen molar-refractivity contribution in [2.24, 2.45) is 5.41 Å². The van der Waals surface area contributed by atoms with E-state index in [9.17, 15) is 4.79 Å². The molecule has 1 saturated carbocycles. The molecule has 1 heterocycles. The average Bonchev–Trinajstić information content (AvgIpc) is 2.83. The number of rotatable bonds is 2. The zero-order valence-electron chi connectivity index (χ0n) is 16.9. The fourth-order valence-electron chi connectivity index (χ4n) is 5.25. The number of carbonyl (C=O) groups excluding carboxylic acids is 1. The lowest BCUT2D eigenvalue weighted by Crippen LogP contribution is -2.52. The highest BCUT2D eigenvalue weighted by Crippen LogP contribution is 2.70. The first-order valence-corrected chi connectivity index (χ1v) is 9.65. The third-order valence-corrected chi connectivity index (χ3v) is 7.46. The minimum Gasteiger partial charge on any atom is -0.353 e. The smallest absolute Gasteiger partial charge is 0.233 e. The number of nitrogens with zero attached hydrogens (tertiary/aromatic N) is 2. The molecular weight excluding hydrogens is 322 g/mol. The molecule has 0 aliphatic heterocycles. The van der Waals surface area contributed by atoms with Crippen LogP contribution in [0.5, 0.6) is 0 Å². The van der Waals surface area contributed by atoms with Crippen molar-refractivity contribution in [3.8, 4) is 0 Å². The molecule has 1 N–H and O–H groups in total. The van der Waals surface area contributed by atoms with Crippen molar-refractivity contribution in [1.29, 1.82) is 0 Å². The molecule has 0 spiro atoms. The molecule has 0 radical (unpaired) electrons. The predicted molar refractivity (Wildman–Crippen MR) is 104 cm³/mol. The predicted octanol–water partition coefficient (Wildman–Crippen LogP) is 4.10. The number of hydrogen-bond donors (Lipinski definition) is 1. The van der Waals surface area contributed by atoms with E-state index in [0.717, 1.165) is 35.3 Å². The molecule has 4 heteroatoms. The second kappa shape index (κ2) is 5.05. The number of aromatic nitrogens is 2. The Bertz CT molecular complexity index is 946. The maximum absolute atomic E-state index is 13.4. The Kier molecular flexibility index (Phi) is 3.39. The van der Waals surface area contributed by atoms with E-state index < -0.39 is 5.41 Å². The molecule has 0 unspecified atom stereocenters. The fourth-order valence-corrected chi connectivity index (χ4v) is 5.25. The average molecular weight is 351 g/mol. The van der Waals surface area contributed by atoms with Gasteiger partial charge < -0.3 is 5.32 Å². The molecule has 2 atom stereocenters. The second-order valence-electron chi connectivity index (χ2n) is 9.34. The van der Waals surface area contributed by atoms with Crippen LogP contribution < -0.4 is 5.32 Å². The van der Waals surface area contributed by atoms with Gasteiger partial charge in [0.1, 0.15) is 0 Å². The lowest BCUT2D eigenvalue weighted by molar-refractivity contribution is -0.131. The highest BCUT2D eigenvalue weighted by atomic mass is 16.2. The number of benzene rings is 1. The Labute approximate surface area is 155 Å². The minimum atomic E-state index is -0.596. The van der Waals surface area contributed by atoms with Crippen LogP contribution in [0.15, 0.2) is 12.1 Å². The van der Waals surface area contributed by atoms with Crippen molar-refractivity contribution in [1.82, 2.24) is 15.3 Å². The summed E-state index contributed by atoms with van der Waals surface area (Å²) in [6, 6.07) is 4.34. The van der Waals surface area contributed by atoms with Crippen LogP contribution in [0.25, 0.3) is 11.0 Å². The number of fused-ring (bicyclic) bond motifs is 6. The molecule has 2 aromatic rings. The summed E-state index contributed by atoms with van der Waals surface area (Å²) >= 11 is 0. The number of nitrogens with one attached hydrogen (secondary N) is 1. The Morgan fingerprint density at radius 1 is 1.00 bits per heavy atom. The van der Waals surface area contributed by atoms with E-state index in [4.69, 9.17) is 9.97 Å². The molecule has 1 fully saturated rings. The van der Waals surface area contributed by atoms with Crippen molar-refractivity contribution in [2.75, 3.05) is 0 Å². The maximum atomic E-state index is 13.4. The lowest BCUT2D eigenvalue weighted by atomic mass is 9.63. The van der Waals surface area contributed by atoms with Gasteiger partial charge in [0.25, 0.3) is 0 Å². The summed E-state index contributed by atoms with van der Waals surface area (Å²) in [5.74, 6) is 0.109. The van der Waals surface area contributed by atoms with Gasteiger partial charge >= 0.3 is 0 Å². The minimum absolute atomic E-state index is 0.109. The monoisotopic (exact) mass is 351 g/mol. The van der Waals surface area contributed by atoms with E-state index >= 15 is 0 Å². The highest BCUT2D eigenvalue weighted by Gasteiger charge is 2.73. The van der Waals surface area contributed by atoms with Gasteiger partial charge in [0.2, 0.25) is 5.91 Å². The van der Waals surface area contributed by atoms with E-state index in [2.05, 4.69) is 52.1 Å². The molecule has 2 bridgehead atoms. The van der Waals surface area contributed by atoms with Crippen molar-refractivity contribution < 1.29 is 4.79 Å². The molecule has 1 aromatic heterocycles. The van der Waals surface area contributed by atoms with Crippen LogP contribution >= 0.6 is 0 Å².